The summed E-state index contributed by atoms with van der Waals surface area (Å²) in [6.45, 7) is 13.2. The van der Waals surface area contributed by atoms with Gasteiger partial charge in [0.05, 0.1) is 12.9 Å². The van der Waals surface area contributed by atoms with Crippen LogP contribution in [-0.2, 0) is 14.3 Å². The number of rotatable bonds is 3. The molecule has 0 saturated carbocycles. The van der Waals surface area contributed by atoms with Crippen LogP contribution in [0.1, 0.15) is 59.6 Å². The summed E-state index contributed by atoms with van der Waals surface area (Å²) in [5.41, 5.74) is 1.11. The molecule has 7 heteroatoms. The second-order valence-electron chi connectivity index (χ2n) is 5.43. The lowest BCUT2D eigenvalue weighted by Crippen LogP contribution is -2.39. The number of hydrogen-bond acceptors (Lipinski definition) is 4. The molecule has 0 aromatic carbocycles. The average Bonchev–Trinajstić information content (AvgIpc) is 3.27. The first-order valence-electron chi connectivity index (χ1n) is 9.29. The molecule has 2 heterocycles. The Morgan fingerprint density at radius 3 is 2.23 bits per heavy atom. The number of aryl methyl sites for hydroxylation is 1. The lowest BCUT2D eigenvalue weighted by atomic mass is 10.2. The van der Waals surface area contributed by atoms with Crippen molar-refractivity contribution in [3.05, 3.63) is 18.2 Å². The first-order valence-corrected chi connectivity index (χ1v) is 9.29. The second kappa shape index (κ2) is 23.1. The number of hydrogen-bond donors (Lipinski definition) is 2. The van der Waals surface area contributed by atoms with Crippen molar-refractivity contribution in [3.63, 3.8) is 0 Å². The lowest BCUT2D eigenvalue weighted by molar-refractivity contribution is -0.131. The summed E-state index contributed by atoms with van der Waals surface area (Å²) in [5.74, 6) is 0.0205. The zero-order valence-corrected chi connectivity index (χ0v) is 18.0. The van der Waals surface area contributed by atoms with Gasteiger partial charge in [-0.15, -0.1) is 0 Å². The third kappa shape index (κ3) is 18.4. The van der Waals surface area contributed by atoms with Crippen molar-refractivity contribution in [1.29, 1.82) is 0 Å². The van der Waals surface area contributed by atoms with E-state index >= 15 is 0 Å². The molecule has 2 rings (SSSR count). The predicted molar refractivity (Wildman–Crippen MR) is 108 cm³/mol. The summed E-state index contributed by atoms with van der Waals surface area (Å²) in [6.07, 6.45) is 7.40. The fraction of sp³-hybridized carbons (Fsp3) is 0.737. The predicted octanol–water partition coefficient (Wildman–Crippen LogP) is 3.17. The van der Waals surface area contributed by atoms with E-state index < -0.39 is 0 Å². The van der Waals surface area contributed by atoms with Crippen LogP contribution in [0.5, 0.6) is 0 Å². The fourth-order valence-electron chi connectivity index (χ4n) is 1.86. The number of H-pyrrole nitrogens is 1. The number of carbonyl (C=O) groups is 2. The molecule has 1 aromatic rings. The van der Waals surface area contributed by atoms with E-state index in [2.05, 4.69) is 33.9 Å². The quantitative estimate of drug-likeness (QED) is 0.798. The Morgan fingerprint density at radius 1 is 1.42 bits per heavy atom. The average molecular weight is 373 g/mol. The summed E-state index contributed by atoms with van der Waals surface area (Å²) in [5, 5.41) is 2.37. The van der Waals surface area contributed by atoms with Crippen molar-refractivity contribution >= 4 is 12.3 Å². The smallest absolute Gasteiger partial charge is 0.242 e. The van der Waals surface area contributed by atoms with Gasteiger partial charge in [0.2, 0.25) is 12.3 Å². The summed E-state index contributed by atoms with van der Waals surface area (Å²) < 4.78 is 4.25. The monoisotopic (exact) mass is 372 g/mol. The number of nitrogens with zero attached hydrogens (tertiary/aromatic N) is 2. The molecule has 0 aliphatic carbocycles. The largest absolute Gasteiger partial charge is 0.388 e. The van der Waals surface area contributed by atoms with Gasteiger partial charge in [-0.25, -0.2) is 4.98 Å². The third-order valence-corrected chi connectivity index (χ3v) is 2.84. The summed E-state index contributed by atoms with van der Waals surface area (Å²) in [4.78, 5) is 29.7. The van der Waals surface area contributed by atoms with Crippen LogP contribution in [0, 0.1) is 6.92 Å². The summed E-state index contributed by atoms with van der Waals surface area (Å²) >= 11 is 0. The van der Waals surface area contributed by atoms with Crippen LogP contribution in [0.15, 0.2) is 12.5 Å². The maximum Gasteiger partial charge on any atom is 0.242 e. The van der Waals surface area contributed by atoms with Gasteiger partial charge in [-0.1, -0.05) is 34.1 Å². The molecule has 0 spiro atoms. The Bertz CT molecular complexity index is 395. The molecule has 2 amide bonds. The van der Waals surface area contributed by atoms with Gasteiger partial charge in [0.15, 0.2) is 0 Å². The third-order valence-electron chi connectivity index (χ3n) is 2.84. The van der Waals surface area contributed by atoms with E-state index in [1.165, 1.54) is 6.42 Å². The maximum absolute atomic E-state index is 11.3. The van der Waals surface area contributed by atoms with E-state index in [1.54, 1.807) is 26.7 Å². The topological polar surface area (TPSA) is 87.3 Å². The highest BCUT2D eigenvalue weighted by molar-refractivity contribution is 5.80. The van der Waals surface area contributed by atoms with Crippen LogP contribution >= 0.6 is 0 Å². The highest BCUT2D eigenvalue weighted by Gasteiger charge is 2.24. The van der Waals surface area contributed by atoms with Crippen molar-refractivity contribution < 1.29 is 14.3 Å². The molecular formula is C19H40N4O3. The van der Waals surface area contributed by atoms with Gasteiger partial charge in [0.25, 0.3) is 0 Å². The molecule has 1 aromatic heterocycles. The van der Waals surface area contributed by atoms with Crippen molar-refractivity contribution in [3.8, 4) is 0 Å². The Hall–Kier alpha value is -1.89. The fourth-order valence-corrected chi connectivity index (χ4v) is 1.86. The van der Waals surface area contributed by atoms with Crippen molar-refractivity contribution in [2.45, 2.75) is 66.8 Å². The Labute approximate surface area is 159 Å². The summed E-state index contributed by atoms with van der Waals surface area (Å²) in [6, 6.07) is 0.339. The van der Waals surface area contributed by atoms with Crippen LogP contribution < -0.4 is 5.32 Å². The van der Waals surface area contributed by atoms with E-state index in [1.807, 2.05) is 32.6 Å². The molecule has 0 bridgehead atoms. The lowest BCUT2D eigenvalue weighted by Gasteiger charge is -2.20. The molecule has 1 saturated heterocycles. The maximum atomic E-state index is 11.3. The number of imidazole rings is 1. The van der Waals surface area contributed by atoms with Crippen LogP contribution in [0.3, 0.4) is 0 Å². The van der Waals surface area contributed by atoms with Crippen LogP contribution in [0.4, 0.5) is 0 Å². The standard InChI is InChI=1S/C8H14N2O2.C4H6N2.C3H8.C2H6O.C2H6/c1-7-3-2-4-10(7)8(12)5-9-6-11;1-4-2-5-3-6-4;2*1-3-2;1-2/h6-7H,2-5H2,1H3,(H,9,11);2-3H,1H3,(H,5,6);3H2,1-2H3;1-2H3;1-2H3/t7-;;;;/m1..../s1. The van der Waals surface area contributed by atoms with E-state index in [0.717, 1.165) is 25.1 Å². The number of aromatic nitrogens is 2. The zero-order chi connectivity index (χ0) is 20.8. The Morgan fingerprint density at radius 2 is 1.96 bits per heavy atom. The number of likely N-dealkylation sites (tertiary alicyclic amines) is 1. The second-order valence-corrected chi connectivity index (χ2v) is 5.43. The van der Waals surface area contributed by atoms with Gasteiger partial charge in [-0.05, 0) is 26.7 Å². The van der Waals surface area contributed by atoms with Crippen molar-refractivity contribution in [1.82, 2.24) is 20.2 Å². The van der Waals surface area contributed by atoms with E-state index in [0.29, 0.717) is 12.5 Å². The SMILES string of the molecule is CC.CCC.COC.C[C@@H]1CCCN1C(=O)CNC=O.Cc1cnc[nH]1. The highest BCUT2D eigenvalue weighted by atomic mass is 16.4. The normalized spacial score (nSPS) is 14.0. The van der Waals surface area contributed by atoms with Gasteiger partial charge in [0, 0.05) is 38.7 Å². The van der Waals surface area contributed by atoms with E-state index in [9.17, 15) is 9.59 Å². The van der Waals surface area contributed by atoms with Crippen LogP contribution in [-0.4, -0.2) is 60.5 Å². The van der Waals surface area contributed by atoms with Gasteiger partial charge < -0.3 is 19.9 Å². The number of ether oxygens (including phenoxy) is 1. The molecule has 2 N–H and O–H groups in total. The minimum absolute atomic E-state index is 0.0205. The molecule has 1 fully saturated rings. The number of carbonyl (C=O) groups excluding carboxylic acids is 2. The molecule has 7 nitrogen and oxygen atoms in total. The molecule has 26 heavy (non-hydrogen) atoms. The van der Waals surface area contributed by atoms with Crippen molar-refractivity contribution in [2.24, 2.45) is 0 Å². The van der Waals surface area contributed by atoms with Gasteiger partial charge in [0.1, 0.15) is 0 Å². The molecule has 0 unspecified atom stereocenters. The van der Waals surface area contributed by atoms with Gasteiger partial charge in [-0.2, -0.15) is 0 Å². The van der Waals surface area contributed by atoms with Gasteiger partial charge in [-0.3, -0.25) is 9.59 Å². The minimum atomic E-state index is 0.0205. The molecule has 1 aliphatic heterocycles. The molecule has 1 atom stereocenters. The zero-order valence-electron chi connectivity index (χ0n) is 18.0. The summed E-state index contributed by atoms with van der Waals surface area (Å²) in [7, 11) is 3.25. The van der Waals surface area contributed by atoms with Crippen molar-refractivity contribution in [2.75, 3.05) is 27.3 Å². The number of aromatic amines is 1. The minimum Gasteiger partial charge on any atom is -0.388 e. The molecule has 1 aliphatic rings. The first-order chi connectivity index (χ1) is 12.5. The Balaban J connectivity index is -0.000000316. The Kier molecular flexibility index (Phi) is 25.7. The molecule has 154 valence electrons. The number of amides is 2. The number of nitrogens with one attached hydrogen (secondary N) is 2. The first kappa shape index (κ1) is 28.9. The van der Waals surface area contributed by atoms with Crippen LogP contribution in [0.25, 0.3) is 0 Å². The van der Waals surface area contributed by atoms with E-state index in [-0.39, 0.29) is 12.5 Å². The number of methoxy groups -OCH3 is 1. The van der Waals surface area contributed by atoms with E-state index in [4.69, 9.17) is 0 Å². The van der Waals surface area contributed by atoms with Gasteiger partial charge >= 0.3 is 0 Å². The van der Waals surface area contributed by atoms with Crippen LogP contribution in [0.2, 0.25) is 0 Å². The molecular weight excluding hydrogens is 332 g/mol. The molecule has 0 radical (unpaired) electrons. The highest BCUT2D eigenvalue weighted by Crippen LogP contribution is 2.15.